The largest absolute Gasteiger partial charge is 0.308 e. The predicted molar refractivity (Wildman–Crippen MR) is 83.8 cm³/mol. The lowest BCUT2D eigenvalue weighted by Crippen LogP contribution is -2.11. The third kappa shape index (κ3) is 2.81. The molecule has 19 heavy (non-hydrogen) atoms. The molecule has 0 saturated heterocycles. The van der Waals surface area contributed by atoms with Crippen molar-refractivity contribution in [2.75, 3.05) is 0 Å². The van der Waals surface area contributed by atoms with Gasteiger partial charge in [-0.1, -0.05) is 60.1 Å². The Balaban J connectivity index is 1.70. The van der Waals surface area contributed by atoms with Crippen molar-refractivity contribution in [1.29, 1.82) is 0 Å². The monoisotopic (exact) mass is 287 g/mol. The number of thiophene rings is 1. The van der Waals surface area contributed by atoms with E-state index in [9.17, 15) is 0 Å². The second kappa shape index (κ2) is 5.74. The summed E-state index contributed by atoms with van der Waals surface area (Å²) in [5.41, 5.74) is 1.29. The highest BCUT2D eigenvalue weighted by Crippen LogP contribution is 2.34. The van der Waals surface area contributed by atoms with Crippen molar-refractivity contribution in [2.24, 2.45) is 0 Å². The average molecular weight is 288 g/mol. The molecule has 0 aliphatic heterocycles. The zero-order chi connectivity index (χ0) is 13.1. The molecule has 1 N–H and O–H groups in total. The molecular weight excluding hydrogens is 274 g/mol. The molecule has 3 heteroatoms. The Hall–Kier alpha value is -1.35. The lowest BCUT2D eigenvalue weighted by Gasteiger charge is -2.03. The van der Waals surface area contributed by atoms with E-state index in [1.54, 1.807) is 11.3 Å². The minimum absolute atomic E-state index is 0.813. The Kier molecular flexibility index (Phi) is 3.83. The Morgan fingerprint density at radius 3 is 2.42 bits per heavy atom. The van der Waals surface area contributed by atoms with Crippen LogP contribution < -0.4 is 5.32 Å². The van der Waals surface area contributed by atoms with Crippen molar-refractivity contribution in [2.45, 2.75) is 13.1 Å². The highest BCUT2D eigenvalue weighted by Gasteiger charge is 2.08. The van der Waals surface area contributed by atoms with E-state index in [0.29, 0.717) is 0 Å². The van der Waals surface area contributed by atoms with Crippen LogP contribution in [0.3, 0.4) is 0 Å². The molecule has 96 valence electrons. The van der Waals surface area contributed by atoms with Crippen molar-refractivity contribution in [3.63, 3.8) is 0 Å². The van der Waals surface area contributed by atoms with Gasteiger partial charge in [-0.25, -0.2) is 0 Å². The fraction of sp³-hybridized carbons (Fsp3) is 0.125. The van der Waals surface area contributed by atoms with Gasteiger partial charge in [0.25, 0.3) is 0 Å². The normalized spacial score (nSPS) is 11.0. The van der Waals surface area contributed by atoms with Crippen LogP contribution in [0.25, 0.3) is 10.1 Å². The summed E-state index contributed by atoms with van der Waals surface area (Å²) in [6, 6.07) is 18.7. The summed E-state index contributed by atoms with van der Waals surface area (Å²) in [5, 5.41) is 5.49. The maximum atomic E-state index is 6.41. The molecule has 2 aromatic carbocycles. The highest BCUT2D eigenvalue weighted by atomic mass is 35.5. The molecule has 0 aliphatic rings. The van der Waals surface area contributed by atoms with E-state index < -0.39 is 0 Å². The third-order valence-corrected chi connectivity index (χ3v) is 4.77. The number of rotatable bonds is 4. The molecule has 1 aromatic heterocycles. The van der Waals surface area contributed by atoms with Crippen LogP contribution in [-0.4, -0.2) is 0 Å². The molecule has 0 amide bonds. The number of hydrogen-bond donors (Lipinski definition) is 1. The Bertz CT molecular complexity index is 676. The molecule has 0 atom stereocenters. The van der Waals surface area contributed by atoms with Crippen molar-refractivity contribution < 1.29 is 0 Å². The van der Waals surface area contributed by atoms with Gasteiger partial charge in [0.05, 0.1) is 5.02 Å². The lowest BCUT2D eigenvalue weighted by molar-refractivity contribution is 0.701. The van der Waals surface area contributed by atoms with Crippen LogP contribution in [0.15, 0.2) is 54.6 Å². The summed E-state index contributed by atoms with van der Waals surface area (Å²) in [6.07, 6.45) is 0. The van der Waals surface area contributed by atoms with Gasteiger partial charge in [0.2, 0.25) is 0 Å². The number of benzene rings is 2. The maximum Gasteiger partial charge on any atom is 0.0636 e. The van der Waals surface area contributed by atoms with Crippen LogP contribution in [0.4, 0.5) is 0 Å². The minimum Gasteiger partial charge on any atom is -0.308 e. The molecule has 0 bridgehead atoms. The van der Waals surface area contributed by atoms with Crippen LogP contribution in [-0.2, 0) is 13.1 Å². The third-order valence-electron chi connectivity index (χ3n) is 3.06. The summed E-state index contributed by atoms with van der Waals surface area (Å²) in [6.45, 7) is 1.68. The molecular formula is C16H14ClNS. The summed E-state index contributed by atoms with van der Waals surface area (Å²) < 4.78 is 1.25. The summed E-state index contributed by atoms with van der Waals surface area (Å²) >= 11 is 8.17. The molecule has 3 aromatic rings. The van der Waals surface area contributed by atoms with E-state index in [0.717, 1.165) is 23.5 Å². The SMILES string of the molecule is Clc1c(CNCc2ccccc2)sc2ccccc12. The molecule has 0 unspecified atom stereocenters. The van der Waals surface area contributed by atoms with Gasteiger partial charge in [0, 0.05) is 28.1 Å². The van der Waals surface area contributed by atoms with Crippen LogP contribution in [0, 0.1) is 0 Å². The first-order valence-electron chi connectivity index (χ1n) is 6.25. The molecule has 0 fully saturated rings. The number of nitrogens with one attached hydrogen (secondary N) is 1. The Labute approximate surface area is 121 Å². The lowest BCUT2D eigenvalue weighted by atomic mass is 10.2. The van der Waals surface area contributed by atoms with E-state index in [-0.39, 0.29) is 0 Å². The van der Waals surface area contributed by atoms with Gasteiger partial charge in [0.1, 0.15) is 0 Å². The Morgan fingerprint density at radius 1 is 0.895 bits per heavy atom. The second-order valence-corrected chi connectivity index (χ2v) is 5.94. The zero-order valence-electron chi connectivity index (χ0n) is 10.4. The minimum atomic E-state index is 0.813. The van der Waals surface area contributed by atoms with Crippen LogP contribution in [0.1, 0.15) is 10.4 Å². The van der Waals surface area contributed by atoms with Gasteiger partial charge < -0.3 is 5.32 Å². The van der Waals surface area contributed by atoms with Crippen LogP contribution in [0.2, 0.25) is 5.02 Å². The molecule has 1 heterocycles. The van der Waals surface area contributed by atoms with Gasteiger partial charge in [0.15, 0.2) is 0 Å². The first-order chi connectivity index (χ1) is 9.34. The summed E-state index contributed by atoms with van der Waals surface area (Å²) in [7, 11) is 0. The topological polar surface area (TPSA) is 12.0 Å². The average Bonchev–Trinajstić information content (AvgIpc) is 2.78. The van der Waals surface area contributed by atoms with Crippen molar-refractivity contribution in [3.05, 3.63) is 70.1 Å². The Morgan fingerprint density at radius 2 is 1.63 bits per heavy atom. The van der Waals surface area contributed by atoms with Gasteiger partial charge in [-0.2, -0.15) is 0 Å². The first-order valence-corrected chi connectivity index (χ1v) is 7.44. The van der Waals surface area contributed by atoms with Gasteiger partial charge in [-0.15, -0.1) is 11.3 Å². The van der Waals surface area contributed by atoms with Gasteiger partial charge >= 0.3 is 0 Å². The first kappa shape index (κ1) is 12.7. The molecule has 0 spiro atoms. The van der Waals surface area contributed by atoms with E-state index in [2.05, 4.69) is 47.8 Å². The second-order valence-electron chi connectivity index (χ2n) is 4.42. The van der Waals surface area contributed by atoms with Crippen molar-refractivity contribution >= 4 is 33.0 Å². The van der Waals surface area contributed by atoms with Crippen molar-refractivity contribution in [1.82, 2.24) is 5.32 Å². The van der Waals surface area contributed by atoms with E-state index in [1.165, 1.54) is 15.1 Å². The number of halogens is 1. The molecule has 0 aliphatic carbocycles. The predicted octanol–water partition coefficient (Wildman–Crippen LogP) is 4.84. The fourth-order valence-electron chi connectivity index (χ4n) is 2.09. The summed E-state index contributed by atoms with van der Waals surface area (Å²) in [5.74, 6) is 0. The van der Waals surface area contributed by atoms with Gasteiger partial charge in [-0.05, 0) is 11.6 Å². The van der Waals surface area contributed by atoms with E-state index in [1.807, 2.05) is 12.1 Å². The zero-order valence-corrected chi connectivity index (χ0v) is 12.0. The molecule has 0 radical (unpaired) electrons. The number of hydrogen-bond acceptors (Lipinski definition) is 2. The number of fused-ring (bicyclic) bond motifs is 1. The van der Waals surface area contributed by atoms with E-state index in [4.69, 9.17) is 11.6 Å². The summed E-state index contributed by atoms with van der Waals surface area (Å²) in [4.78, 5) is 1.21. The van der Waals surface area contributed by atoms with Crippen LogP contribution >= 0.6 is 22.9 Å². The smallest absolute Gasteiger partial charge is 0.0636 e. The standard InChI is InChI=1S/C16H14ClNS/c17-16-13-8-4-5-9-14(13)19-15(16)11-18-10-12-6-2-1-3-7-12/h1-9,18H,10-11H2. The van der Waals surface area contributed by atoms with Crippen molar-refractivity contribution in [3.8, 4) is 0 Å². The van der Waals surface area contributed by atoms with Gasteiger partial charge in [-0.3, -0.25) is 0 Å². The molecule has 1 nitrogen and oxygen atoms in total. The maximum absolute atomic E-state index is 6.41. The quantitative estimate of drug-likeness (QED) is 0.724. The van der Waals surface area contributed by atoms with E-state index >= 15 is 0 Å². The molecule has 3 rings (SSSR count). The molecule has 0 saturated carbocycles. The van der Waals surface area contributed by atoms with Crippen LogP contribution in [0.5, 0.6) is 0 Å². The fourth-order valence-corrected chi connectivity index (χ4v) is 3.56. The highest BCUT2D eigenvalue weighted by molar-refractivity contribution is 7.19.